The minimum Gasteiger partial charge on any atom is -0.493 e. The van der Waals surface area contributed by atoms with Crippen molar-refractivity contribution in [2.24, 2.45) is 5.73 Å². The highest BCUT2D eigenvalue weighted by molar-refractivity contribution is 5.80. The number of nitrogens with two attached hydrogens (primary N) is 1. The van der Waals surface area contributed by atoms with E-state index in [0.29, 0.717) is 31.0 Å². The van der Waals surface area contributed by atoms with Gasteiger partial charge in [-0.3, -0.25) is 9.69 Å². The number of methoxy groups -OCH3 is 2. The van der Waals surface area contributed by atoms with Crippen LogP contribution in [0.15, 0.2) is 42.5 Å². The lowest BCUT2D eigenvalue weighted by atomic mass is 9.93. The normalized spacial score (nSPS) is 17.2. The second-order valence-corrected chi connectivity index (χ2v) is 5.99. The summed E-state index contributed by atoms with van der Waals surface area (Å²) in [5.41, 5.74) is 9.14. The average Bonchev–Trinajstić information content (AvgIpc) is 2.60. The minimum atomic E-state index is -0.298. The molecular formula is C19H22N2O3. The summed E-state index contributed by atoms with van der Waals surface area (Å²) in [5, 5.41) is 0. The number of nitrogens with zero attached hydrogens (tertiary/aromatic N) is 1. The number of hydrogen-bond donors (Lipinski definition) is 1. The van der Waals surface area contributed by atoms with Crippen LogP contribution in [-0.4, -0.2) is 31.1 Å². The smallest absolute Gasteiger partial charge is 0.235 e. The van der Waals surface area contributed by atoms with Crippen molar-refractivity contribution in [2.45, 2.75) is 25.6 Å². The molecule has 1 unspecified atom stereocenters. The van der Waals surface area contributed by atoms with Crippen molar-refractivity contribution in [3.05, 3.63) is 59.2 Å². The maximum atomic E-state index is 11.9. The van der Waals surface area contributed by atoms with E-state index in [1.807, 2.05) is 30.3 Å². The number of hydrogen-bond acceptors (Lipinski definition) is 4. The molecule has 24 heavy (non-hydrogen) atoms. The van der Waals surface area contributed by atoms with Gasteiger partial charge in [0, 0.05) is 13.1 Å². The molecule has 0 aromatic heterocycles. The Morgan fingerprint density at radius 1 is 1.12 bits per heavy atom. The molecule has 2 aromatic carbocycles. The van der Waals surface area contributed by atoms with Crippen LogP contribution in [0.2, 0.25) is 0 Å². The monoisotopic (exact) mass is 326 g/mol. The molecule has 0 fully saturated rings. The highest BCUT2D eigenvalue weighted by Gasteiger charge is 2.30. The van der Waals surface area contributed by atoms with E-state index in [9.17, 15) is 4.79 Å². The van der Waals surface area contributed by atoms with Crippen LogP contribution < -0.4 is 15.2 Å². The first-order valence-electron chi connectivity index (χ1n) is 7.93. The van der Waals surface area contributed by atoms with Gasteiger partial charge in [0.05, 0.1) is 20.3 Å². The predicted molar refractivity (Wildman–Crippen MR) is 91.9 cm³/mol. The van der Waals surface area contributed by atoms with Crippen LogP contribution in [0.4, 0.5) is 0 Å². The third-order valence-electron chi connectivity index (χ3n) is 4.51. The van der Waals surface area contributed by atoms with Gasteiger partial charge in [0.2, 0.25) is 5.91 Å². The Morgan fingerprint density at radius 3 is 2.50 bits per heavy atom. The molecule has 1 aliphatic heterocycles. The summed E-state index contributed by atoms with van der Waals surface area (Å²) in [5.74, 6) is 1.09. The summed E-state index contributed by atoms with van der Waals surface area (Å²) in [4.78, 5) is 14.0. The summed E-state index contributed by atoms with van der Waals surface area (Å²) < 4.78 is 10.6. The van der Waals surface area contributed by atoms with Crippen molar-refractivity contribution in [1.82, 2.24) is 4.90 Å². The Kier molecular flexibility index (Phi) is 4.71. The van der Waals surface area contributed by atoms with Crippen LogP contribution in [0.3, 0.4) is 0 Å². The van der Waals surface area contributed by atoms with Gasteiger partial charge in [-0.1, -0.05) is 30.3 Å². The number of carbonyl (C=O) groups is 1. The molecule has 0 spiro atoms. The number of carbonyl (C=O) groups excluding carboxylic acids is 1. The number of fused-ring (bicyclic) bond motifs is 1. The van der Waals surface area contributed by atoms with Crippen molar-refractivity contribution in [3.63, 3.8) is 0 Å². The summed E-state index contributed by atoms with van der Waals surface area (Å²) in [6.45, 7) is 1.33. The zero-order valence-corrected chi connectivity index (χ0v) is 14.0. The largest absolute Gasteiger partial charge is 0.493 e. The Labute approximate surface area is 142 Å². The minimum absolute atomic E-state index is 0.287. The van der Waals surface area contributed by atoms with Gasteiger partial charge in [-0.25, -0.2) is 0 Å². The molecule has 2 N–H and O–H groups in total. The van der Waals surface area contributed by atoms with Gasteiger partial charge in [-0.2, -0.15) is 0 Å². The fourth-order valence-corrected chi connectivity index (χ4v) is 3.24. The van der Waals surface area contributed by atoms with E-state index >= 15 is 0 Å². The van der Waals surface area contributed by atoms with Gasteiger partial charge in [0.15, 0.2) is 11.5 Å². The molecule has 1 aliphatic rings. The molecule has 0 bridgehead atoms. The van der Waals surface area contributed by atoms with Gasteiger partial charge in [-0.15, -0.1) is 0 Å². The van der Waals surface area contributed by atoms with E-state index in [1.165, 1.54) is 11.1 Å². The Morgan fingerprint density at radius 2 is 1.83 bits per heavy atom. The molecule has 1 heterocycles. The summed E-state index contributed by atoms with van der Waals surface area (Å²) in [6, 6.07) is 13.7. The van der Waals surface area contributed by atoms with Crippen LogP contribution in [0.5, 0.6) is 11.5 Å². The third-order valence-corrected chi connectivity index (χ3v) is 4.51. The predicted octanol–water partition coefficient (Wildman–Crippen LogP) is 2.12. The van der Waals surface area contributed by atoms with E-state index in [1.54, 1.807) is 14.2 Å². The quantitative estimate of drug-likeness (QED) is 0.914. The van der Waals surface area contributed by atoms with Gasteiger partial charge in [0.25, 0.3) is 0 Å². The fraction of sp³-hybridized carbons (Fsp3) is 0.316. The summed E-state index contributed by atoms with van der Waals surface area (Å²) in [6.07, 6.45) is 0.652. The SMILES string of the molecule is COc1ccc(CN2Cc3ccccc3CC2C(N)=O)cc1OC. The first kappa shape index (κ1) is 16.3. The lowest BCUT2D eigenvalue weighted by Gasteiger charge is -2.35. The highest BCUT2D eigenvalue weighted by atomic mass is 16.5. The van der Waals surface area contributed by atoms with E-state index in [2.05, 4.69) is 17.0 Å². The summed E-state index contributed by atoms with van der Waals surface area (Å²) in [7, 11) is 3.23. The molecule has 1 atom stereocenters. The van der Waals surface area contributed by atoms with Crippen LogP contribution >= 0.6 is 0 Å². The Bertz CT molecular complexity index is 745. The van der Waals surface area contributed by atoms with Crippen LogP contribution in [-0.2, 0) is 24.3 Å². The van der Waals surface area contributed by atoms with Crippen LogP contribution in [0.1, 0.15) is 16.7 Å². The molecule has 5 heteroatoms. The molecule has 0 aliphatic carbocycles. The standard InChI is InChI=1S/C19H22N2O3/c1-23-17-8-7-13(9-18(17)24-2)11-21-12-15-6-4-3-5-14(15)10-16(21)19(20)22/h3-9,16H,10-12H2,1-2H3,(H2,20,22). The molecule has 1 amide bonds. The highest BCUT2D eigenvalue weighted by Crippen LogP contribution is 2.30. The Hall–Kier alpha value is -2.53. The molecule has 0 saturated carbocycles. The van der Waals surface area contributed by atoms with Crippen molar-refractivity contribution in [2.75, 3.05) is 14.2 Å². The zero-order chi connectivity index (χ0) is 17.1. The Balaban J connectivity index is 1.86. The fourth-order valence-electron chi connectivity index (χ4n) is 3.24. The van der Waals surface area contributed by atoms with Crippen molar-refractivity contribution < 1.29 is 14.3 Å². The maximum absolute atomic E-state index is 11.9. The molecule has 126 valence electrons. The number of benzene rings is 2. The molecular weight excluding hydrogens is 304 g/mol. The lowest BCUT2D eigenvalue weighted by Crippen LogP contribution is -2.48. The number of rotatable bonds is 5. The van der Waals surface area contributed by atoms with E-state index in [-0.39, 0.29) is 11.9 Å². The molecule has 0 radical (unpaired) electrons. The average molecular weight is 326 g/mol. The van der Waals surface area contributed by atoms with Crippen LogP contribution in [0.25, 0.3) is 0 Å². The molecule has 0 saturated heterocycles. The molecule has 2 aromatic rings. The number of amides is 1. The second-order valence-electron chi connectivity index (χ2n) is 5.99. The van der Waals surface area contributed by atoms with Crippen molar-refractivity contribution in [1.29, 1.82) is 0 Å². The maximum Gasteiger partial charge on any atom is 0.235 e. The number of primary amides is 1. The topological polar surface area (TPSA) is 64.8 Å². The van der Waals surface area contributed by atoms with E-state index in [4.69, 9.17) is 15.2 Å². The molecule has 5 nitrogen and oxygen atoms in total. The zero-order valence-electron chi connectivity index (χ0n) is 14.0. The van der Waals surface area contributed by atoms with Gasteiger partial charge in [0.1, 0.15) is 0 Å². The summed E-state index contributed by atoms with van der Waals surface area (Å²) >= 11 is 0. The first-order chi connectivity index (χ1) is 11.6. The number of ether oxygens (including phenoxy) is 2. The van der Waals surface area contributed by atoms with Crippen molar-refractivity contribution in [3.8, 4) is 11.5 Å². The lowest BCUT2D eigenvalue weighted by molar-refractivity contribution is -0.124. The molecule has 3 rings (SSSR count). The second kappa shape index (κ2) is 6.93. The van der Waals surface area contributed by atoms with Gasteiger partial charge >= 0.3 is 0 Å². The van der Waals surface area contributed by atoms with Gasteiger partial charge < -0.3 is 15.2 Å². The van der Waals surface area contributed by atoms with E-state index in [0.717, 1.165) is 5.56 Å². The first-order valence-corrected chi connectivity index (χ1v) is 7.93. The van der Waals surface area contributed by atoms with Crippen LogP contribution in [0, 0.1) is 0 Å². The van der Waals surface area contributed by atoms with E-state index < -0.39 is 0 Å². The third kappa shape index (κ3) is 3.21. The van der Waals surface area contributed by atoms with Gasteiger partial charge in [-0.05, 0) is 35.2 Å². The van der Waals surface area contributed by atoms with Crippen molar-refractivity contribution >= 4 is 5.91 Å².